The lowest BCUT2D eigenvalue weighted by Gasteiger charge is -2.14. The second-order valence-corrected chi connectivity index (χ2v) is 6.32. The summed E-state index contributed by atoms with van der Waals surface area (Å²) in [6.45, 7) is 0. The van der Waals surface area contributed by atoms with Gasteiger partial charge in [0.2, 0.25) is 0 Å². The van der Waals surface area contributed by atoms with Gasteiger partial charge in [0, 0.05) is 4.88 Å². The molecule has 1 atom stereocenters. The van der Waals surface area contributed by atoms with Crippen molar-refractivity contribution in [2.75, 3.05) is 0 Å². The molecule has 13 heavy (non-hydrogen) atoms. The maximum absolute atomic E-state index is 5.91. The molecular weight excluding hydrogens is 268 g/mol. The highest BCUT2D eigenvalue weighted by molar-refractivity contribution is 9.09. The van der Waals surface area contributed by atoms with Crippen LogP contribution in [0.15, 0.2) is 12.1 Å². The zero-order valence-corrected chi connectivity index (χ0v) is 10.5. The molecule has 2 rings (SSSR count). The Labute approximate surface area is 96.4 Å². The van der Waals surface area contributed by atoms with E-state index in [4.69, 9.17) is 11.6 Å². The van der Waals surface area contributed by atoms with E-state index in [9.17, 15) is 0 Å². The van der Waals surface area contributed by atoms with Crippen LogP contribution >= 0.6 is 38.9 Å². The highest BCUT2D eigenvalue weighted by atomic mass is 79.9. The van der Waals surface area contributed by atoms with Crippen LogP contribution < -0.4 is 0 Å². The van der Waals surface area contributed by atoms with Crippen LogP contribution in [0.4, 0.5) is 0 Å². The van der Waals surface area contributed by atoms with Crippen LogP contribution in [0, 0.1) is 5.92 Å². The van der Waals surface area contributed by atoms with E-state index in [0.29, 0.717) is 4.83 Å². The lowest BCUT2D eigenvalue weighted by Crippen LogP contribution is -2.00. The van der Waals surface area contributed by atoms with Gasteiger partial charge in [0.15, 0.2) is 0 Å². The molecule has 0 aromatic carbocycles. The van der Waals surface area contributed by atoms with Gasteiger partial charge in [0.25, 0.3) is 0 Å². The maximum atomic E-state index is 5.91. The number of thiophene rings is 1. The third-order valence-corrected chi connectivity index (χ3v) is 5.54. The molecule has 1 saturated carbocycles. The molecule has 1 aromatic heterocycles. The minimum absolute atomic E-state index is 0.535. The minimum Gasteiger partial charge on any atom is -0.127 e. The van der Waals surface area contributed by atoms with Crippen molar-refractivity contribution in [2.45, 2.75) is 30.5 Å². The van der Waals surface area contributed by atoms with E-state index >= 15 is 0 Å². The van der Waals surface area contributed by atoms with Crippen LogP contribution in [0.25, 0.3) is 0 Å². The Balaban J connectivity index is 2.07. The molecule has 0 nitrogen and oxygen atoms in total. The van der Waals surface area contributed by atoms with Gasteiger partial charge in [-0.25, -0.2) is 0 Å². The Kier molecular flexibility index (Phi) is 3.33. The highest BCUT2D eigenvalue weighted by Crippen LogP contribution is 2.43. The Morgan fingerprint density at radius 1 is 1.38 bits per heavy atom. The molecule has 72 valence electrons. The summed E-state index contributed by atoms with van der Waals surface area (Å²) < 4.78 is 0.900. The van der Waals surface area contributed by atoms with E-state index in [-0.39, 0.29) is 0 Å². The summed E-state index contributed by atoms with van der Waals surface area (Å²) in [5, 5.41) is 0. The van der Waals surface area contributed by atoms with Gasteiger partial charge in [-0.15, -0.1) is 11.3 Å². The molecule has 0 N–H and O–H groups in total. The molecule has 1 aliphatic carbocycles. The van der Waals surface area contributed by atoms with Crippen LogP contribution in [0.3, 0.4) is 0 Å². The highest BCUT2D eigenvalue weighted by Gasteiger charge is 2.24. The zero-order chi connectivity index (χ0) is 9.26. The number of hydrogen-bond acceptors (Lipinski definition) is 1. The Morgan fingerprint density at radius 3 is 2.62 bits per heavy atom. The van der Waals surface area contributed by atoms with Gasteiger partial charge in [-0.1, -0.05) is 40.4 Å². The first kappa shape index (κ1) is 10.0. The fourth-order valence-electron chi connectivity index (χ4n) is 1.96. The summed E-state index contributed by atoms with van der Waals surface area (Å²) in [6, 6.07) is 4.13. The smallest absolute Gasteiger partial charge is 0.0931 e. The molecule has 1 heterocycles. The van der Waals surface area contributed by atoms with Crippen LogP contribution in [-0.4, -0.2) is 0 Å². The quantitative estimate of drug-likeness (QED) is 0.666. The molecule has 0 amide bonds. The first-order valence-electron chi connectivity index (χ1n) is 4.66. The number of rotatable bonds is 2. The Hall–Kier alpha value is 0.470. The van der Waals surface area contributed by atoms with Crippen molar-refractivity contribution in [3.05, 3.63) is 21.3 Å². The topological polar surface area (TPSA) is 0 Å². The first-order valence-corrected chi connectivity index (χ1v) is 6.77. The zero-order valence-electron chi connectivity index (χ0n) is 7.30. The van der Waals surface area contributed by atoms with Crippen LogP contribution in [0.5, 0.6) is 0 Å². The second-order valence-electron chi connectivity index (χ2n) is 3.59. The number of hydrogen-bond donors (Lipinski definition) is 0. The van der Waals surface area contributed by atoms with Crippen molar-refractivity contribution < 1.29 is 0 Å². The van der Waals surface area contributed by atoms with Crippen molar-refractivity contribution in [1.82, 2.24) is 0 Å². The summed E-state index contributed by atoms with van der Waals surface area (Å²) in [7, 11) is 0. The molecule has 0 spiro atoms. The standard InChI is InChI=1S/C10H12BrClS/c11-10(7-3-1-2-4-7)8-5-6-9(12)13-8/h5-7,10H,1-4H2. The van der Waals surface area contributed by atoms with Crippen molar-refractivity contribution >= 4 is 38.9 Å². The van der Waals surface area contributed by atoms with Crippen LogP contribution in [-0.2, 0) is 0 Å². The van der Waals surface area contributed by atoms with E-state index in [2.05, 4.69) is 22.0 Å². The first-order chi connectivity index (χ1) is 6.27. The third-order valence-electron chi connectivity index (χ3n) is 2.68. The predicted octanol–water partition coefficient (Wildman–Crippen LogP) is 5.03. The molecule has 0 aliphatic heterocycles. The summed E-state index contributed by atoms with van der Waals surface area (Å²) in [5.74, 6) is 0.828. The lowest BCUT2D eigenvalue weighted by atomic mass is 10.0. The fraction of sp³-hybridized carbons (Fsp3) is 0.600. The van der Waals surface area contributed by atoms with Gasteiger partial charge in [0.05, 0.1) is 9.16 Å². The number of halogens is 2. The van der Waals surface area contributed by atoms with Crippen molar-refractivity contribution in [2.24, 2.45) is 5.92 Å². The molecule has 1 aliphatic rings. The molecule has 1 aromatic rings. The van der Waals surface area contributed by atoms with Gasteiger partial charge in [-0.05, 0) is 30.9 Å². The van der Waals surface area contributed by atoms with E-state index < -0.39 is 0 Å². The molecule has 0 saturated heterocycles. The second kappa shape index (κ2) is 4.33. The van der Waals surface area contributed by atoms with Crippen LogP contribution in [0.1, 0.15) is 35.4 Å². The molecule has 0 radical (unpaired) electrons. The molecule has 3 heteroatoms. The van der Waals surface area contributed by atoms with Gasteiger partial charge >= 0.3 is 0 Å². The maximum Gasteiger partial charge on any atom is 0.0931 e. The SMILES string of the molecule is Clc1ccc(C(Br)C2CCCC2)s1. The average molecular weight is 280 g/mol. The third kappa shape index (κ3) is 2.28. The normalized spacial score (nSPS) is 20.8. The fourth-order valence-corrected chi connectivity index (χ4v) is 4.05. The summed E-state index contributed by atoms with van der Waals surface area (Å²) in [6.07, 6.45) is 5.52. The van der Waals surface area contributed by atoms with E-state index in [0.717, 1.165) is 10.3 Å². The van der Waals surface area contributed by atoms with Crippen molar-refractivity contribution in [3.63, 3.8) is 0 Å². The van der Waals surface area contributed by atoms with Gasteiger partial charge in [0.1, 0.15) is 0 Å². The molecule has 1 fully saturated rings. The van der Waals surface area contributed by atoms with Gasteiger partial charge in [-0.3, -0.25) is 0 Å². The average Bonchev–Trinajstić information content (AvgIpc) is 2.72. The summed E-state index contributed by atoms with van der Waals surface area (Å²) in [5.41, 5.74) is 0. The van der Waals surface area contributed by atoms with Crippen molar-refractivity contribution in [1.29, 1.82) is 0 Å². The van der Waals surface area contributed by atoms with Gasteiger partial charge in [-0.2, -0.15) is 0 Å². The molecule has 0 bridgehead atoms. The summed E-state index contributed by atoms with van der Waals surface area (Å²) in [4.78, 5) is 1.92. The predicted molar refractivity (Wildman–Crippen MR) is 63.0 cm³/mol. The molecule has 1 unspecified atom stereocenters. The minimum atomic E-state index is 0.535. The molecular formula is C10H12BrClS. The monoisotopic (exact) mass is 278 g/mol. The lowest BCUT2D eigenvalue weighted by molar-refractivity contribution is 0.546. The summed E-state index contributed by atoms with van der Waals surface area (Å²) >= 11 is 11.4. The van der Waals surface area contributed by atoms with Gasteiger partial charge < -0.3 is 0 Å². The van der Waals surface area contributed by atoms with E-state index in [1.807, 2.05) is 6.07 Å². The largest absolute Gasteiger partial charge is 0.127 e. The van der Waals surface area contributed by atoms with Crippen LogP contribution in [0.2, 0.25) is 4.34 Å². The number of alkyl halides is 1. The van der Waals surface area contributed by atoms with E-state index in [1.54, 1.807) is 11.3 Å². The van der Waals surface area contributed by atoms with Crippen molar-refractivity contribution in [3.8, 4) is 0 Å². The Morgan fingerprint density at radius 2 is 2.08 bits per heavy atom. The van der Waals surface area contributed by atoms with E-state index in [1.165, 1.54) is 30.6 Å². The Bertz CT molecular complexity index is 278.